The maximum Gasteiger partial charge on any atom is 0.303 e. The molecule has 1 aromatic rings. The first kappa shape index (κ1) is 20.4. The highest BCUT2D eigenvalue weighted by Gasteiger charge is 2.30. The predicted octanol–water partition coefficient (Wildman–Crippen LogP) is 6.98. The summed E-state index contributed by atoms with van der Waals surface area (Å²) in [5, 5.41) is 8.90. The molecule has 2 aliphatic carbocycles. The van der Waals surface area contributed by atoms with E-state index in [0.717, 1.165) is 30.2 Å². The van der Waals surface area contributed by atoms with Crippen molar-refractivity contribution in [1.82, 2.24) is 0 Å². The van der Waals surface area contributed by atoms with E-state index in [0.29, 0.717) is 18.3 Å². The summed E-state index contributed by atoms with van der Waals surface area (Å²) in [4.78, 5) is 10.6. The van der Waals surface area contributed by atoms with E-state index in [-0.39, 0.29) is 17.3 Å². The maximum atomic E-state index is 13.7. The second-order valence-corrected chi connectivity index (χ2v) is 8.73. The van der Waals surface area contributed by atoms with Gasteiger partial charge in [-0.25, -0.2) is 4.39 Å². The molecule has 2 saturated carbocycles. The molecule has 2 aliphatic rings. The molecule has 2 fully saturated rings. The van der Waals surface area contributed by atoms with E-state index in [1.54, 1.807) is 12.1 Å². The predicted molar refractivity (Wildman–Crippen MR) is 108 cm³/mol. The Bertz CT molecular complexity index is 656. The molecule has 148 valence electrons. The van der Waals surface area contributed by atoms with Gasteiger partial charge in [0, 0.05) is 6.42 Å². The molecule has 0 amide bonds. The third-order valence-electron chi connectivity index (χ3n) is 6.60. The van der Waals surface area contributed by atoms with E-state index in [1.165, 1.54) is 38.5 Å². The minimum atomic E-state index is -0.722. The number of carboxylic acid groups (broad SMARTS) is 1. The number of aliphatic carboxylic acids is 1. The van der Waals surface area contributed by atoms with Crippen LogP contribution in [-0.2, 0) is 4.79 Å². The van der Waals surface area contributed by atoms with Crippen LogP contribution in [0.1, 0.15) is 75.7 Å². The summed E-state index contributed by atoms with van der Waals surface area (Å²) in [6, 6.07) is 5.29. The lowest BCUT2D eigenvalue weighted by atomic mass is 9.68. The van der Waals surface area contributed by atoms with Crippen LogP contribution in [0.3, 0.4) is 0 Å². The Balaban J connectivity index is 1.41. The Morgan fingerprint density at radius 3 is 2.30 bits per heavy atom. The average Bonchev–Trinajstić information content (AvgIpc) is 2.68. The van der Waals surface area contributed by atoms with Gasteiger partial charge in [-0.05, 0) is 99.2 Å². The highest BCUT2D eigenvalue weighted by molar-refractivity contribution is 6.30. The molecule has 0 atom stereocenters. The van der Waals surface area contributed by atoms with Crippen LogP contribution in [0.15, 0.2) is 30.4 Å². The van der Waals surface area contributed by atoms with Gasteiger partial charge in [0.25, 0.3) is 0 Å². The van der Waals surface area contributed by atoms with Gasteiger partial charge in [-0.3, -0.25) is 4.79 Å². The average molecular weight is 393 g/mol. The number of allylic oxidation sites excluding steroid dienone is 2. The quantitative estimate of drug-likeness (QED) is 0.530. The first-order valence-corrected chi connectivity index (χ1v) is 10.7. The largest absolute Gasteiger partial charge is 0.481 e. The summed E-state index contributed by atoms with van der Waals surface area (Å²) in [5.41, 5.74) is 1.10. The monoisotopic (exact) mass is 392 g/mol. The van der Waals surface area contributed by atoms with E-state index in [4.69, 9.17) is 16.7 Å². The van der Waals surface area contributed by atoms with Gasteiger partial charge < -0.3 is 5.11 Å². The van der Waals surface area contributed by atoms with Gasteiger partial charge in [-0.1, -0.05) is 29.8 Å². The van der Waals surface area contributed by atoms with Crippen molar-refractivity contribution < 1.29 is 14.3 Å². The second-order valence-electron chi connectivity index (χ2n) is 8.32. The van der Waals surface area contributed by atoms with Gasteiger partial charge in [0.05, 0.1) is 5.02 Å². The van der Waals surface area contributed by atoms with Crippen LogP contribution in [0.25, 0.3) is 0 Å². The van der Waals surface area contributed by atoms with Gasteiger partial charge in [0.2, 0.25) is 0 Å². The molecule has 0 aliphatic heterocycles. The first-order valence-electron chi connectivity index (χ1n) is 10.4. The molecule has 0 heterocycles. The van der Waals surface area contributed by atoms with Gasteiger partial charge >= 0.3 is 5.97 Å². The van der Waals surface area contributed by atoms with Crippen LogP contribution in [0.2, 0.25) is 5.02 Å². The molecule has 0 radical (unpaired) electrons. The molecule has 0 saturated heterocycles. The molecular weight excluding hydrogens is 363 g/mol. The van der Waals surface area contributed by atoms with Crippen molar-refractivity contribution in [3.8, 4) is 0 Å². The lowest BCUT2D eigenvalue weighted by Gasteiger charge is -2.37. The Labute approximate surface area is 166 Å². The minimum absolute atomic E-state index is 0.209. The minimum Gasteiger partial charge on any atom is -0.481 e. The van der Waals surface area contributed by atoms with Crippen molar-refractivity contribution in [2.45, 2.75) is 70.1 Å². The van der Waals surface area contributed by atoms with Crippen LogP contribution in [-0.4, -0.2) is 11.1 Å². The van der Waals surface area contributed by atoms with E-state index < -0.39 is 5.97 Å². The number of benzene rings is 1. The number of hydrogen-bond donors (Lipinski definition) is 1. The molecule has 0 aromatic heterocycles. The SMILES string of the molecule is O=C(O)CCC=CC1CCC(C2CCC(c3ccc(Cl)c(F)c3)CC2)CC1. The van der Waals surface area contributed by atoms with Crippen molar-refractivity contribution in [2.75, 3.05) is 0 Å². The summed E-state index contributed by atoms with van der Waals surface area (Å²) >= 11 is 5.80. The third kappa shape index (κ3) is 5.81. The van der Waals surface area contributed by atoms with E-state index in [9.17, 15) is 9.18 Å². The standard InChI is InChI=1S/C23H30ClFO2/c24-21-14-13-20(15-22(21)25)19-11-9-18(10-12-19)17-7-5-16(6-8-17)3-1-2-4-23(26)27/h1,3,13-19H,2,4-12H2,(H,26,27). The molecule has 1 N–H and O–H groups in total. The van der Waals surface area contributed by atoms with E-state index >= 15 is 0 Å². The van der Waals surface area contributed by atoms with Crippen molar-refractivity contribution in [3.05, 3.63) is 46.8 Å². The third-order valence-corrected chi connectivity index (χ3v) is 6.91. The van der Waals surface area contributed by atoms with Gasteiger partial charge in [0.15, 0.2) is 0 Å². The molecule has 0 bridgehead atoms. The normalized spacial score (nSPS) is 29.1. The summed E-state index contributed by atoms with van der Waals surface area (Å²) in [7, 11) is 0. The van der Waals surface area contributed by atoms with Crippen molar-refractivity contribution in [3.63, 3.8) is 0 Å². The number of rotatable bonds is 6. The zero-order valence-electron chi connectivity index (χ0n) is 15.9. The summed E-state index contributed by atoms with van der Waals surface area (Å²) in [6.45, 7) is 0. The second kappa shape index (κ2) is 9.73. The highest BCUT2D eigenvalue weighted by Crippen LogP contribution is 2.44. The number of carboxylic acids is 1. The smallest absolute Gasteiger partial charge is 0.303 e. The number of carbonyl (C=O) groups is 1. The molecule has 1 aromatic carbocycles. The fourth-order valence-electron chi connectivity index (χ4n) is 4.99. The molecule has 0 unspecified atom stereocenters. The zero-order valence-corrected chi connectivity index (χ0v) is 16.6. The molecule has 27 heavy (non-hydrogen) atoms. The zero-order chi connectivity index (χ0) is 19.2. The van der Waals surface area contributed by atoms with Gasteiger partial charge in [-0.15, -0.1) is 0 Å². The van der Waals surface area contributed by atoms with Crippen LogP contribution >= 0.6 is 11.6 Å². The van der Waals surface area contributed by atoms with E-state index in [1.807, 2.05) is 6.07 Å². The fraction of sp³-hybridized carbons (Fsp3) is 0.609. The molecular formula is C23H30ClFO2. The topological polar surface area (TPSA) is 37.3 Å². The first-order chi connectivity index (χ1) is 13.0. The summed E-state index contributed by atoms with van der Waals surface area (Å²) in [5.74, 6) is 1.73. The molecule has 0 spiro atoms. The number of hydrogen-bond acceptors (Lipinski definition) is 1. The van der Waals surface area contributed by atoms with Crippen LogP contribution in [0.5, 0.6) is 0 Å². The molecule has 2 nitrogen and oxygen atoms in total. The maximum absolute atomic E-state index is 13.7. The van der Waals surface area contributed by atoms with E-state index in [2.05, 4.69) is 12.2 Å². The Kier molecular flexibility index (Phi) is 7.34. The number of halogens is 2. The van der Waals surface area contributed by atoms with Crippen molar-refractivity contribution in [2.24, 2.45) is 17.8 Å². The van der Waals surface area contributed by atoms with Gasteiger partial charge in [-0.2, -0.15) is 0 Å². The van der Waals surface area contributed by atoms with Crippen molar-refractivity contribution in [1.29, 1.82) is 0 Å². The van der Waals surface area contributed by atoms with Gasteiger partial charge in [0.1, 0.15) is 5.82 Å². The van der Waals surface area contributed by atoms with Crippen LogP contribution in [0.4, 0.5) is 4.39 Å². The Morgan fingerprint density at radius 1 is 1.07 bits per heavy atom. The lowest BCUT2D eigenvalue weighted by Crippen LogP contribution is -2.25. The Morgan fingerprint density at radius 2 is 1.70 bits per heavy atom. The van der Waals surface area contributed by atoms with Crippen molar-refractivity contribution >= 4 is 17.6 Å². The summed E-state index contributed by atoms with van der Waals surface area (Å²) < 4.78 is 13.7. The molecule has 3 rings (SSSR count). The fourth-order valence-corrected chi connectivity index (χ4v) is 5.11. The Hall–Kier alpha value is -1.35. The highest BCUT2D eigenvalue weighted by atomic mass is 35.5. The van der Waals surface area contributed by atoms with Crippen LogP contribution in [0, 0.1) is 23.6 Å². The lowest BCUT2D eigenvalue weighted by molar-refractivity contribution is -0.136. The van der Waals surface area contributed by atoms with Crippen LogP contribution < -0.4 is 0 Å². The molecule has 4 heteroatoms. The summed E-state index contributed by atoms with van der Waals surface area (Å²) in [6.07, 6.45) is 15.0.